The zero-order chi connectivity index (χ0) is 19.0. The number of rotatable bonds is 6. The van der Waals surface area contributed by atoms with E-state index in [4.69, 9.17) is 14.1 Å². The van der Waals surface area contributed by atoms with Gasteiger partial charge in [0.15, 0.2) is 5.96 Å². The van der Waals surface area contributed by atoms with Crippen molar-refractivity contribution in [1.29, 1.82) is 0 Å². The van der Waals surface area contributed by atoms with Crippen molar-refractivity contribution in [1.82, 2.24) is 15.1 Å². The van der Waals surface area contributed by atoms with Crippen LogP contribution in [-0.4, -0.2) is 67.7 Å². The lowest BCUT2D eigenvalue weighted by Gasteiger charge is -2.32. The largest absolute Gasteiger partial charge is 0.469 e. The summed E-state index contributed by atoms with van der Waals surface area (Å²) in [5.41, 5.74) is 1.23. The van der Waals surface area contributed by atoms with E-state index in [1.165, 1.54) is 12.0 Å². The normalized spacial score (nSPS) is 20.5. The Morgan fingerprint density at radius 3 is 2.66 bits per heavy atom. The van der Waals surface area contributed by atoms with E-state index in [1.54, 1.807) is 6.26 Å². The van der Waals surface area contributed by atoms with Gasteiger partial charge in [0, 0.05) is 45.2 Å². The molecular formula is C22H31IN4O2. The zero-order valence-corrected chi connectivity index (χ0v) is 19.2. The lowest BCUT2D eigenvalue weighted by Crippen LogP contribution is -2.47. The molecule has 7 heteroatoms. The first-order valence-corrected chi connectivity index (χ1v) is 10.3. The number of benzene rings is 1. The van der Waals surface area contributed by atoms with Gasteiger partial charge in [-0.15, -0.1) is 24.0 Å². The molecule has 0 bridgehead atoms. The van der Waals surface area contributed by atoms with E-state index >= 15 is 0 Å². The number of aliphatic imine (C=N–C) groups is 1. The lowest BCUT2D eigenvalue weighted by atomic mass is 10.2. The quantitative estimate of drug-likeness (QED) is 0.368. The molecule has 1 N–H and O–H groups in total. The Morgan fingerprint density at radius 1 is 1.07 bits per heavy atom. The van der Waals surface area contributed by atoms with Gasteiger partial charge in [-0.25, -0.2) is 4.99 Å². The van der Waals surface area contributed by atoms with E-state index in [2.05, 4.69) is 39.4 Å². The molecule has 1 aromatic heterocycles. The van der Waals surface area contributed by atoms with Crippen LogP contribution in [-0.2, 0) is 17.7 Å². The fourth-order valence-corrected chi connectivity index (χ4v) is 3.94. The van der Waals surface area contributed by atoms with Crippen molar-refractivity contribution in [2.24, 2.45) is 4.99 Å². The summed E-state index contributed by atoms with van der Waals surface area (Å²) in [6, 6.07) is 15.0. The van der Waals surface area contributed by atoms with Crippen LogP contribution in [0.3, 0.4) is 0 Å². The molecule has 0 spiro atoms. The van der Waals surface area contributed by atoms with Gasteiger partial charge in [-0.3, -0.25) is 4.90 Å². The lowest BCUT2D eigenvalue weighted by molar-refractivity contribution is 0.0195. The molecule has 4 rings (SSSR count). The number of halogens is 1. The van der Waals surface area contributed by atoms with Crippen molar-refractivity contribution >= 4 is 29.9 Å². The van der Waals surface area contributed by atoms with Gasteiger partial charge in [-0.2, -0.15) is 0 Å². The maximum atomic E-state index is 5.51. The number of morpholine rings is 1. The number of hydrogen-bond acceptors (Lipinski definition) is 4. The van der Waals surface area contributed by atoms with E-state index in [0.717, 1.165) is 64.1 Å². The highest BCUT2D eigenvalue weighted by Gasteiger charge is 2.30. The first kappa shape index (κ1) is 22.1. The number of guanidine groups is 1. The van der Waals surface area contributed by atoms with Crippen LogP contribution in [0.1, 0.15) is 17.7 Å². The third-order valence-electron chi connectivity index (χ3n) is 5.51. The van der Waals surface area contributed by atoms with Gasteiger partial charge in [0.1, 0.15) is 5.76 Å². The van der Waals surface area contributed by atoms with Crippen LogP contribution in [0.5, 0.6) is 0 Å². The minimum atomic E-state index is 0. The summed E-state index contributed by atoms with van der Waals surface area (Å²) >= 11 is 0. The predicted molar refractivity (Wildman–Crippen MR) is 126 cm³/mol. The number of likely N-dealkylation sites (tertiary alicyclic amines) is 1. The fraction of sp³-hybridized carbons (Fsp3) is 0.500. The zero-order valence-electron chi connectivity index (χ0n) is 16.8. The second kappa shape index (κ2) is 11.6. The highest BCUT2D eigenvalue weighted by molar-refractivity contribution is 14.0. The summed E-state index contributed by atoms with van der Waals surface area (Å²) in [5.74, 6) is 2.01. The molecule has 2 saturated heterocycles. The SMILES string of the molecule is I.c1ccc(CN=C(NCCc2ccco2)N2CCC(N3CCOCC3)C2)cc1. The second-order valence-electron chi connectivity index (χ2n) is 7.42. The Morgan fingerprint density at radius 2 is 1.90 bits per heavy atom. The van der Waals surface area contributed by atoms with Gasteiger partial charge in [0.2, 0.25) is 0 Å². The number of nitrogens with one attached hydrogen (secondary N) is 1. The second-order valence-corrected chi connectivity index (χ2v) is 7.42. The molecule has 2 aliphatic heterocycles. The molecular weight excluding hydrogens is 479 g/mol. The minimum absolute atomic E-state index is 0. The van der Waals surface area contributed by atoms with Gasteiger partial charge < -0.3 is 19.4 Å². The summed E-state index contributed by atoms with van der Waals surface area (Å²) in [6.45, 7) is 7.38. The van der Waals surface area contributed by atoms with Crippen LogP contribution in [0, 0.1) is 0 Å². The monoisotopic (exact) mass is 510 g/mol. The average Bonchev–Trinajstić information content (AvgIpc) is 3.44. The molecule has 1 aromatic carbocycles. The molecule has 1 unspecified atom stereocenters. The van der Waals surface area contributed by atoms with Crippen LogP contribution in [0.15, 0.2) is 58.1 Å². The van der Waals surface area contributed by atoms with E-state index in [-0.39, 0.29) is 24.0 Å². The number of nitrogens with zero attached hydrogens (tertiary/aromatic N) is 3. The third-order valence-corrected chi connectivity index (χ3v) is 5.51. The smallest absolute Gasteiger partial charge is 0.194 e. The Hall–Kier alpha value is -1.58. The molecule has 158 valence electrons. The first-order valence-electron chi connectivity index (χ1n) is 10.3. The van der Waals surface area contributed by atoms with Gasteiger partial charge in [0.25, 0.3) is 0 Å². The van der Waals surface area contributed by atoms with Crippen LogP contribution in [0.2, 0.25) is 0 Å². The van der Waals surface area contributed by atoms with Gasteiger partial charge in [-0.05, 0) is 24.1 Å². The fourth-order valence-electron chi connectivity index (χ4n) is 3.94. The van der Waals surface area contributed by atoms with Gasteiger partial charge in [-0.1, -0.05) is 30.3 Å². The molecule has 2 aliphatic rings. The van der Waals surface area contributed by atoms with Crippen LogP contribution < -0.4 is 5.32 Å². The maximum absolute atomic E-state index is 5.51. The van der Waals surface area contributed by atoms with Crippen LogP contribution in [0.25, 0.3) is 0 Å². The summed E-state index contributed by atoms with van der Waals surface area (Å²) in [7, 11) is 0. The number of hydrogen-bond donors (Lipinski definition) is 1. The first-order chi connectivity index (χ1) is 13.9. The van der Waals surface area contributed by atoms with E-state index < -0.39 is 0 Å². The molecule has 0 radical (unpaired) electrons. The molecule has 2 fully saturated rings. The van der Waals surface area contributed by atoms with E-state index in [1.807, 2.05) is 18.2 Å². The van der Waals surface area contributed by atoms with Crippen molar-refractivity contribution in [2.75, 3.05) is 45.9 Å². The summed E-state index contributed by atoms with van der Waals surface area (Å²) < 4.78 is 11.0. The van der Waals surface area contributed by atoms with Gasteiger partial charge in [0.05, 0.1) is 26.0 Å². The summed E-state index contributed by atoms with van der Waals surface area (Å²) in [5, 5.41) is 3.57. The van der Waals surface area contributed by atoms with Crippen LogP contribution >= 0.6 is 24.0 Å². The van der Waals surface area contributed by atoms with Gasteiger partial charge >= 0.3 is 0 Å². The van der Waals surface area contributed by atoms with Crippen molar-refractivity contribution in [3.8, 4) is 0 Å². The Bertz CT molecular complexity index is 733. The molecule has 0 aliphatic carbocycles. The van der Waals surface area contributed by atoms with Crippen LogP contribution in [0.4, 0.5) is 0 Å². The van der Waals surface area contributed by atoms with Crippen molar-refractivity contribution in [2.45, 2.75) is 25.4 Å². The number of ether oxygens (including phenoxy) is 1. The highest BCUT2D eigenvalue weighted by atomic mass is 127. The molecule has 29 heavy (non-hydrogen) atoms. The topological polar surface area (TPSA) is 53.2 Å². The summed E-state index contributed by atoms with van der Waals surface area (Å²) in [4.78, 5) is 9.91. The Balaban J connectivity index is 0.00000240. The standard InChI is InChI=1S/C22H30N4O2.HI/c1-2-5-19(6-3-1)17-24-22(23-10-8-21-7-4-14-28-21)26-11-9-20(18-26)25-12-15-27-16-13-25;/h1-7,14,20H,8-13,15-18H2,(H,23,24);1H. The average molecular weight is 510 g/mol. The Labute approximate surface area is 190 Å². The summed E-state index contributed by atoms with van der Waals surface area (Å²) in [6.07, 6.45) is 3.77. The molecule has 0 amide bonds. The minimum Gasteiger partial charge on any atom is -0.469 e. The maximum Gasteiger partial charge on any atom is 0.194 e. The molecule has 3 heterocycles. The number of furan rings is 1. The Kier molecular flexibility index (Phi) is 8.82. The van der Waals surface area contributed by atoms with Crippen molar-refractivity contribution in [3.05, 3.63) is 60.1 Å². The van der Waals surface area contributed by atoms with Crippen molar-refractivity contribution in [3.63, 3.8) is 0 Å². The molecule has 6 nitrogen and oxygen atoms in total. The van der Waals surface area contributed by atoms with E-state index in [0.29, 0.717) is 12.6 Å². The molecule has 0 saturated carbocycles. The van der Waals surface area contributed by atoms with E-state index in [9.17, 15) is 0 Å². The van der Waals surface area contributed by atoms with Crippen molar-refractivity contribution < 1.29 is 9.15 Å². The third kappa shape index (κ3) is 6.45. The molecule has 2 aromatic rings. The predicted octanol–water partition coefficient (Wildman–Crippen LogP) is 2.99. The highest BCUT2D eigenvalue weighted by Crippen LogP contribution is 2.17. The molecule has 1 atom stereocenters.